The van der Waals surface area contributed by atoms with E-state index in [-0.39, 0.29) is 23.7 Å². The molecule has 0 saturated carbocycles. The zero-order valence-electron chi connectivity index (χ0n) is 14.7. The van der Waals surface area contributed by atoms with Crippen molar-refractivity contribution in [3.63, 3.8) is 0 Å². The van der Waals surface area contributed by atoms with Gasteiger partial charge in [-0.15, -0.1) is 0 Å². The zero-order valence-corrected chi connectivity index (χ0v) is 15.5. The van der Waals surface area contributed by atoms with Crippen molar-refractivity contribution in [1.29, 1.82) is 0 Å². The monoisotopic (exact) mass is 366 g/mol. The van der Waals surface area contributed by atoms with Crippen molar-refractivity contribution in [3.8, 4) is 0 Å². The van der Waals surface area contributed by atoms with Crippen LogP contribution in [0, 0.1) is 11.7 Å². The molecule has 0 radical (unpaired) electrons. The number of carbonyl (C=O) groups is 1. The van der Waals surface area contributed by atoms with Crippen LogP contribution in [0.4, 0.5) is 4.39 Å². The van der Waals surface area contributed by atoms with Gasteiger partial charge in [-0.1, -0.05) is 30.7 Å². The number of carbonyl (C=O) groups excluding carboxylic acids is 1. The Labute approximate surface area is 152 Å². The van der Waals surface area contributed by atoms with E-state index < -0.39 is 0 Å². The Kier molecular flexibility index (Phi) is 6.96. The van der Waals surface area contributed by atoms with Gasteiger partial charge >= 0.3 is 0 Å². The molecule has 2 unspecified atom stereocenters. The second-order valence-corrected chi connectivity index (χ2v) is 6.92. The van der Waals surface area contributed by atoms with E-state index in [0.717, 1.165) is 18.5 Å². The van der Waals surface area contributed by atoms with Gasteiger partial charge in [0.15, 0.2) is 0 Å². The second kappa shape index (κ2) is 8.97. The maximum absolute atomic E-state index is 13.2. The topological polar surface area (TPSA) is 50.2 Å². The van der Waals surface area contributed by atoms with E-state index in [1.54, 1.807) is 29.2 Å². The summed E-state index contributed by atoms with van der Waals surface area (Å²) < 4.78 is 14.8. The van der Waals surface area contributed by atoms with Crippen LogP contribution in [-0.4, -0.2) is 41.2 Å². The number of amides is 1. The molecule has 1 heterocycles. The molecule has 0 aliphatic carbocycles. The van der Waals surface area contributed by atoms with Crippen molar-refractivity contribution in [1.82, 2.24) is 20.0 Å². The number of benzene rings is 1. The second-order valence-electron chi connectivity index (χ2n) is 6.49. The first-order valence-electron chi connectivity index (χ1n) is 8.23. The molecule has 1 N–H and O–H groups in total. The van der Waals surface area contributed by atoms with Gasteiger partial charge in [-0.3, -0.25) is 9.48 Å². The fourth-order valence-electron chi connectivity index (χ4n) is 2.52. The largest absolute Gasteiger partial charge is 0.349 e. The molecule has 0 aliphatic rings. The predicted octanol–water partition coefficient (Wildman–Crippen LogP) is 3.12. The van der Waals surface area contributed by atoms with Crippen molar-refractivity contribution in [3.05, 3.63) is 53.1 Å². The molecule has 0 saturated heterocycles. The molecule has 1 aromatic carbocycles. The van der Waals surface area contributed by atoms with Crippen LogP contribution in [-0.2, 0) is 11.3 Å². The van der Waals surface area contributed by atoms with Crippen LogP contribution in [0.3, 0.4) is 0 Å². The molecule has 2 atom stereocenters. The van der Waals surface area contributed by atoms with Crippen LogP contribution in [0.25, 0.3) is 0 Å². The summed E-state index contributed by atoms with van der Waals surface area (Å²) in [5.74, 6) is -0.622. The van der Waals surface area contributed by atoms with Gasteiger partial charge < -0.3 is 10.2 Å². The van der Waals surface area contributed by atoms with E-state index in [1.165, 1.54) is 12.1 Å². The summed E-state index contributed by atoms with van der Waals surface area (Å²) in [7, 11) is 3.96. The highest BCUT2D eigenvalue weighted by atomic mass is 35.5. The van der Waals surface area contributed by atoms with Crippen molar-refractivity contribution >= 4 is 17.5 Å². The SMILES string of the molecule is CC(Cn1cc(Cl)cn1)C(=O)NC(CCN(C)C)c1ccc(F)cc1. The Morgan fingerprint density at radius 2 is 2.04 bits per heavy atom. The molecule has 0 bridgehead atoms. The van der Waals surface area contributed by atoms with Gasteiger partial charge in [-0.25, -0.2) is 4.39 Å². The third kappa shape index (κ3) is 6.14. The number of nitrogens with one attached hydrogen (secondary N) is 1. The van der Waals surface area contributed by atoms with Crippen molar-refractivity contribution in [2.75, 3.05) is 20.6 Å². The van der Waals surface area contributed by atoms with Gasteiger partial charge in [0, 0.05) is 6.20 Å². The van der Waals surface area contributed by atoms with Gasteiger partial charge in [0.2, 0.25) is 5.91 Å². The quantitative estimate of drug-likeness (QED) is 0.781. The molecule has 0 aliphatic heterocycles. The summed E-state index contributed by atoms with van der Waals surface area (Å²) in [6.07, 6.45) is 3.98. The molecule has 5 nitrogen and oxygen atoms in total. The lowest BCUT2D eigenvalue weighted by Gasteiger charge is -2.23. The molecule has 2 rings (SSSR count). The van der Waals surface area contributed by atoms with Crippen LogP contribution in [0.2, 0.25) is 5.02 Å². The van der Waals surface area contributed by atoms with Crippen LogP contribution in [0.1, 0.15) is 24.9 Å². The average molecular weight is 367 g/mol. The van der Waals surface area contributed by atoms with Gasteiger partial charge in [-0.05, 0) is 44.8 Å². The normalized spacial score (nSPS) is 13.7. The van der Waals surface area contributed by atoms with E-state index in [2.05, 4.69) is 15.3 Å². The lowest BCUT2D eigenvalue weighted by Crippen LogP contribution is -2.36. The van der Waals surface area contributed by atoms with Crippen molar-refractivity contribution < 1.29 is 9.18 Å². The molecule has 25 heavy (non-hydrogen) atoms. The van der Waals surface area contributed by atoms with Crippen molar-refractivity contribution in [2.24, 2.45) is 5.92 Å². The fraction of sp³-hybridized carbons (Fsp3) is 0.444. The molecule has 0 fully saturated rings. The molecule has 136 valence electrons. The lowest BCUT2D eigenvalue weighted by atomic mass is 10.0. The highest BCUT2D eigenvalue weighted by Gasteiger charge is 2.20. The van der Waals surface area contributed by atoms with E-state index in [1.807, 2.05) is 21.0 Å². The number of rotatable bonds is 8. The molecule has 1 aromatic heterocycles. The number of aromatic nitrogens is 2. The van der Waals surface area contributed by atoms with Gasteiger partial charge in [0.25, 0.3) is 0 Å². The zero-order chi connectivity index (χ0) is 18.4. The first kappa shape index (κ1) is 19.4. The third-order valence-electron chi connectivity index (χ3n) is 3.96. The number of halogens is 2. The van der Waals surface area contributed by atoms with E-state index in [4.69, 9.17) is 11.6 Å². The van der Waals surface area contributed by atoms with E-state index >= 15 is 0 Å². The molecule has 1 amide bonds. The Balaban J connectivity index is 2.03. The predicted molar refractivity (Wildman–Crippen MR) is 96.9 cm³/mol. The molecular weight excluding hydrogens is 343 g/mol. The summed E-state index contributed by atoms with van der Waals surface area (Å²) in [6.45, 7) is 3.10. The lowest BCUT2D eigenvalue weighted by molar-refractivity contribution is -0.125. The smallest absolute Gasteiger partial charge is 0.225 e. The first-order chi connectivity index (χ1) is 11.8. The van der Waals surface area contributed by atoms with Crippen LogP contribution >= 0.6 is 11.6 Å². The Hall–Kier alpha value is -1.92. The number of nitrogens with zero attached hydrogens (tertiary/aromatic N) is 3. The fourth-order valence-corrected chi connectivity index (χ4v) is 2.68. The Morgan fingerprint density at radius 3 is 2.60 bits per heavy atom. The van der Waals surface area contributed by atoms with Gasteiger partial charge in [-0.2, -0.15) is 5.10 Å². The summed E-state index contributed by atoms with van der Waals surface area (Å²) in [4.78, 5) is 14.6. The molecule has 7 heteroatoms. The minimum absolute atomic E-state index is 0.0697. The number of hydrogen-bond acceptors (Lipinski definition) is 3. The molecular formula is C18H24ClFN4O. The minimum Gasteiger partial charge on any atom is -0.349 e. The molecule has 0 spiro atoms. The third-order valence-corrected chi connectivity index (χ3v) is 4.16. The van der Waals surface area contributed by atoms with E-state index in [9.17, 15) is 9.18 Å². The molecule has 2 aromatic rings. The Bertz CT molecular complexity index is 687. The van der Waals surface area contributed by atoms with Crippen LogP contribution in [0.15, 0.2) is 36.7 Å². The van der Waals surface area contributed by atoms with E-state index in [0.29, 0.717) is 11.6 Å². The maximum atomic E-state index is 13.2. The highest BCUT2D eigenvalue weighted by molar-refractivity contribution is 6.30. The van der Waals surface area contributed by atoms with Crippen molar-refractivity contribution in [2.45, 2.75) is 25.9 Å². The number of hydrogen-bond donors (Lipinski definition) is 1. The summed E-state index contributed by atoms with van der Waals surface area (Å²) >= 11 is 5.85. The van der Waals surface area contributed by atoms with Crippen LogP contribution < -0.4 is 5.32 Å². The average Bonchev–Trinajstić information content (AvgIpc) is 2.96. The summed E-state index contributed by atoms with van der Waals surface area (Å²) in [5, 5.41) is 7.72. The summed E-state index contributed by atoms with van der Waals surface area (Å²) in [6, 6.07) is 6.10. The standard InChI is InChI=1S/C18H24ClFN4O/c1-13(11-24-12-15(19)10-21-24)18(25)22-17(8-9-23(2)3)14-4-6-16(20)7-5-14/h4-7,10,12-13,17H,8-9,11H2,1-3H3,(H,22,25). The van der Waals surface area contributed by atoms with Gasteiger partial charge in [0.1, 0.15) is 5.82 Å². The summed E-state index contributed by atoms with van der Waals surface area (Å²) in [5.41, 5.74) is 0.894. The van der Waals surface area contributed by atoms with Gasteiger partial charge in [0.05, 0.1) is 29.7 Å². The van der Waals surface area contributed by atoms with Crippen LogP contribution in [0.5, 0.6) is 0 Å². The first-order valence-corrected chi connectivity index (χ1v) is 8.61. The highest BCUT2D eigenvalue weighted by Crippen LogP contribution is 2.19. The maximum Gasteiger partial charge on any atom is 0.225 e. The Morgan fingerprint density at radius 1 is 1.36 bits per heavy atom. The minimum atomic E-state index is -0.287.